The van der Waals surface area contributed by atoms with Crippen molar-refractivity contribution in [3.63, 3.8) is 0 Å². The van der Waals surface area contributed by atoms with Crippen molar-refractivity contribution in [2.24, 2.45) is 0 Å². The molecule has 1 saturated heterocycles. The van der Waals surface area contributed by atoms with Gasteiger partial charge < -0.3 is 14.8 Å². The Morgan fingerprint density at radius 2 is 2.05 bits per heavy atom. The number of nitrogens with zero attached hydrogens (tertiary/aromatic N) is 1. The molecule has 20 heavy (non-hydrogen) atoms. The molecule has 1 N–H and O–H groups in total. The van der Waals surface area contributed by atoms with Crippen molar-refractivity contribution in [2.75, 3.05) is 27.3 Å². The third-order valence-electron chi connectivity index (χ3n) is 3.87. The maximum Gasteiger partial charge on any atom is 0.240 e. The van der Waals surface area contributed by atoms with Crippen molar-refractivity contribution in [3.8, 4) is 11.5 Å². The van der Waals surface area contributed by atoms with Crippen LogP contribution in [-0.4, -0.2) is 43.7 Å². The second-order valence-electron chi connectivity index (χ2n) is 5.41. The summed E-state index contributed by atoms with van der Waals surface area (Å²) in [6.45, 7) is 6.07. The molecule has 0 aromatic heterocycles. The molecule has 5 heteroatoms. The highest BCUT2D eigenvalue weighted by atomic mass is 16.5. The fraction of sp³-hybridized carbons (Fsp3) is 0.533. The number of benzene rings is 1. The number of carbonyl (C=O) groups is 1. The van der Waals surface area contributed by atoms with Gasteiger partial charge >= 0.3 is 0 Å². The molecule has 1 aromatic carbocycles. The highest BCUT2D eigenvalue weighted by molar-refractivity contribution is 5.86. The first-order chi connectivity index (χ1) is 9.48. The van der Waals surface area contributed by atoms with E-state index >= 15 is 0 Å². The van der Waals surface area contributed by atoms with Crippen LogP contribution in [0.3, 0.4) is 0 Å². The lowest BCUT2D eigenvalue weighted by Gasteiger charge is -2.41. The lowest BCUT2D eigenvalue weighted by atomic mass is 9.98. The number of methoxy groups -OCH3 is 2. The molecule has 0 unspecified atom stereocenters. The van der Waals surface area contributed by atoms with Crippen molar-refractivity contribution >= 4 is 5.91 Å². The minimum atomic E-state index is -0.511. The van der Waals surface area contributed by atoms with Crippen LogP contribution in [0.2, 0.25) is 0 Å². The summed E-state index contributed by atoms with van der Waals surface area (Å²) in [6, 6.07) is 5.77. The van der Waals surface area contributed by atoms with Crippen molar-refractivity contribution in [1.82, 2.24) is 10.2 Å². The first kappa shape index (κ1) is 14.7. The van der Waals surface area contributed by atoms with Crippen molar-refractivity contribution in [1.29, 1.82) is 0 Å². The van der Waals surface area contributed by atoms with Crippen molar-refractivity contribution < 1.29 is 14.3 Å². The van der Waals surface area contributed by atoms with E-state index in [4.69, 9.17) is 9.47 Å². The smallest absolute Gasteiger partial charge is 0.240 e. The first-order valence-corrected chi connectivity index (χ1v) is 6.73. The van der Waals surface area contributed by atoms with E-state index in [0.29, 0.717) is 13.1 Å². The molecule has 0 spiro atoms. The van der Waals surface area contributed by atoms with Crippen LogP contribution in [-0.2, 0) is 11.3 Å². The molecule has 0 saturated carbocycles. The average molecular weight is 278 g/mol. The Morgan fingerprint density at radius 1 is 1.30 bits per heavy atom. The Morgan fingerprint density at radius 3 is 2.70 bits per heavy atom. The predicted molar refractivity (Wildman–Crippen MR) is 77.0 cm³/mol. The van der Waals surface area contributed by atoms with E-state index in [1.807, 2.05) is 32.0 Å². The Hall–Kier alpha value is -1.75. The number of hydrogen-bond acceptors (Lipinski definition) is 4. The van der Waals surface area contributed by atoms with Gasteiger partial charge in [0.05, 0.1) is 19.8 Å². The van der Waals surface area contributed by atoms with Gasteiger partial charge in [-0.25, -0.2) is 0 Å². The molecule has 1 fully saturated rings. The summed E-state index contributed by atoms with van der Waals surface area (Å²) in [5, 5.41) is 2.90. The largest absolute Gasteiger partial charge is 0.497 e. The zero-order valence-electron chi connectivity index (χ0n) is 12.5. The molecule has 2 rings (SSSR count). The summed E-state index contributed by atoms with van der Waals surface area (Å²) in [7, 11) is 3.28. The number of amides is 1. The SMILES string of the molecule is COc1ccc(CN2CCNC(=O)C2(C)C)c(OC)c1. The summed E-state index contributed by atoms with van der Waals surface area (Å²) in [6.07, 6.45) is 0. The van der Waals surface area contributed by atoms with Crippen LogP contribution in [0.5, 0.6) is 11.5 Å². The van der Waals surface area contributed by atoms with Gasteiger partial charge in [-0.05, 0) is 19.9 Å². The topological polar surface area (TPSA) is 50.8 Å². The Bertz CT molecular complexity index is 500. The lowest BCUT2D eigenvalue weighted by Crippen LogP contribution is -2.61. The van der Waals surface area contributed by atoms with Gasteiger partial charge in [0.15, 0.2) is 0 Å². The van der Waals surface area contributed by atoms with E-state index in [-0.39, 0.29) is 5.91 Å². The summed E-state index contributed by atoms with van der Waals surface area (Å²) >= 11 is 0. The van der Waals surface area contributed by atoms with Gasteiger partial charge in [-0.15, -0.1) is 0 Å². The molecule has 0 atom stereocenters. The molecule has 5 nitrogen and oxygen atoms in total. The van der Waals surface area contributed by atoms with E-state index in [2.05, 4.69) is 10.2 Å². The van der Waals surface area contributed by atoms with Crippen LogP contribution in [0.25, 0.3) is 0 Å². The number of rotatable bonds is 4. The fourth-order valence-electron chi connectivity index (χ4n) is 2.41. The zero-order chi connectivity index (χ0) is 14.8. The monoisotopic (exact) mass is 278 g/mol. The van der Waals surface area contributed by atoms with Gasteiger partial charge in [0, 0.05) is 31.3 Å². The molecule has 0 aliphatic carbocycles. The molecule has 1 amide bonds. The van der Waals surface area contributed by atoms with E-state index in [9.17, 15) is 4.79 Å². The number of ether oxygens (including phenoxy) is 2. The Labute approximate surface area is 119 Å². The number of piperazine rings is 1. The van der Waals surface area contributed by atoms with Crippen LogP contribution < -0.4 is 14.8 Å². The number of carbonyl (C=O) groups excluding carboxylic acids is 1. The van der Waals surface area contributed by atoms with Crippen molar-refractivity contribution in [3.05, 3.63) is 23.8 Å². The van der Waals surface area contributed by atoms with Gasteiger partial charge in [0.1, 0.15) is 11.5 Å². The molecule has 1 aliphatic heterocycles. The van der Waals surface area contributed by atoms with Gasteiger partial charge in [0.2, 0.25) is 5.91 Å². The molecule has 1 aromatic rings. The maximum atomic E-state index is 12.0. The summed E-state index contributed by atoms with van der Waals surface area (Å²) < 4.78 is 10.6. The summed E-state index contributed by atoms with van der Waals surface area (Å²) in [5.41, 5.74) is 0.541. The highest BCUT2D eigenvalue weighted by Crippen LogP contribution is 2.28. The zero-order valence-corrected chi connectivity index (χ0v) is 12.5. The third kappa shape index (κ3) is 2.72. The van der Waals surface area contributed by atoms with E-state index in [1.54, 1.807) is 14.2 Å². The van der Waals surface area contributed by atoms with E-state index < -0.39 is 5.54 Å². The normalized spacial score (nSPS) is 18.5. The molecule has 0 radical (unpaired) electrons. The third-order valence-corrected chi connectivity index (χ3v) is 3.87. The van der Waals surface area contributed by atoms with E-state index in [0.717, 1.165) is 23.6 Å². The van der Waals surface area contributed by atoms with Gasteiger partial charge in [0.25, 0.3) is 0 Å². The van der Waals surface area contributed by atoms with Crippen LogP contribution in [0.1, 0.15) is 19.4 Å². The maximum absolute atomic E-state index is 12.0. The van der Waals surface area contributed by atoms with Gasteiger partial charge in [-0.1, -0.05) is 6.07 Å². The van der Waals surface area contributed by atoms with Gasteiger partial charge in [-0.2, -0.15) is 0 Å². The minimum absolute atomic E-state index is 0.0660. The number of hydrogen-bond donors (Lipinski definition) is 1. The summed E-state index contributed by atoms with van der Waals surface area (Å²) in [4.78, 5) is 14.1. The quantitative estimate of drug-likeness (QED) is 0.905. The standard InChI is InChI=1S/C15H22N2O3/c1-15(2)14(18)16-7-8-17(15)10-11-5-6-12(19-3)9-13(11)20-4/h5-6,9H,7-8,10H2,1-4H3,(H,16,18). The molecular weight excluding hydrogens is 256 g/mol. The van der Waals surface area contributed by atoms with Crippen LogP contribution >= 0.6 is 0 Å². The Balaban J connectivity index is 2.23. The number of nitrogens with one attached hydrogen (secondary N) is 1. The highest BCUT2D eigenvalue weighted by Gasteiger charge is 2.37. The second-order valence-corrected chi connectivity index (χ2v) is 5.41. The average Bonchev–Trinajstić information content (AvgIpc) is 2.44. The van der Waals surface area contributed by atoms with Crippen LogP contribution in [0.4, 0.5) is 0 Å². The van der Waals surface area contributed by atoms with Crippen LogP contribution in [0.15, 0.2) is 18.2 Å². The van der Waals surface area contributed by atoms with Crippen molar-refractivity contribution in [2.45, 2.75) is 25.9 Å². The van der Waals surface area contributed by atoms with Crippen LogP contribution in [0, 0.1) is 0 Å². The molecule has 110 valence electrons. The lowest BCUT2D eigenvalue weighted by molar-refractivity contribution is -0.135. The minimum Gasteiger partial charge on any atom is -0.497 e. The molecular formula is C15H22N2O3. The first-order valence-electron chi connectivity index (χ1n) is 6.73. The summed E-state index contributed by atoms with van der Waals surface area (Å²) in [5.74, 6) is 1.61. The molecule has 0 bridgehead atoms. The Kier molecular flexibility index (Phi) is 4.18. The predicted octanol–water partition coefficient (Wildman–Crippen LogP) is 1.41. The molecule has 1 aliphatic rings. The van der Waals surface area contributed by atoms with Gasteiger partial charge in [-0.3, -0.25) is 9.69 Å². The molecule has 1 heterocycles. The fourth-order valence-corrected chi connectivity index (χ4v) is 2.41. The second kappa shape index (κ2) is 5.71. The van der Waals surface area contributed by atoms with E-state index in [1.165, 1.54) is 0 Å².